The maximum Gasteiger partial charge on any atom is 0.108 e. The molecule has 1 atom stereocenters. The first-order chi connectivity index (χ1) is 10.6. The second-order valence-electron chi connectivity index (χ2n) is 6.78. The van der Waals surface area contributed by atoms with Crippen molar-refractivity contribution in [1.82, 2.24) is 14.9 Å². The molecule has 0 bridgehead atoms. The fourth-order valence-electron chi connectivity index (χ4n) is 3.38. The van der Waals surface area contributed by atoms with Gasteiger partial charge in [-0.25, -0.2) is 4.98 Å². The Labute approximate surface area is 133 Å². The Morgan fingerprint density at radius 2 is 2.09 bits per heavy atom. The standard InChI is InChI=1S/C19H27N3/c1-4-18-20-11-12-22(18)14-16(3)21-19(9-10-19)13-17-8-6-5-7-15(17)2/h5-8,11-12,16,21H,4,9-10,13-14H2,1-3H3. The van der Waals surface area contributed by atoms with E-state index in [2.05, 4.69) is 66.1 Å². The number of aromatic nitrogens is 2. The lowest BCUT2D eigenvalue weighted by atomic mass is 9.99. The number of nitrogens with zero attached hydrogens (tertiary/aromatic N) is 2. The van der Waals surface area contributed by atoms with Crippen LogP contribution >= 0.6 is 0 Å². The molecule has 0 amide bonds. The predicted octanol–water partition coefficient (Wildman–Crippen LogP) is 3.51. The van der Waals surface area contributed by atoms with E-state index in [4.69, 9.17) is 0 Å². The summed E-state index contributed by atoms with van der Waals surface area (Å²) in [7, 11) is 0. The van der Waals surface area contributed by atoms with Crippen LogP contribution in [-0.4, -0.2) is 21.1 Å². The fourth-order valence-corrected chi connectivity index (χ4v) is 3.38. The minimum atomic E-state index is 0.318. The molecule has 0 spiro atoms. The lowest BCUT2D eigenvalue weighted by molar-refractivity contribution is 0.387. The maximum atomic E-state index is 4.41. The lowest BCUT2D eigenvalue weighted by Gasteiger charge is -2.24. The summed E-state index contributed by atoms with van der Waals surface area (Å²) in [4.78, 5) is 4.41. The molecule has 1 unspecified atom stereocenters. The van der Waals surface area contributed by atoms with E-state index in [0.29, 0.717) is 11.6 Å². The Hall–Kier alpha value is -1.61. The van der Waals surface area contributed by atoms with Crippen LogP contribution in [0.4, 0.5) is 0 Å². The van der Waals surface area contributed by atoms with Crippen LogP contribution in [0.2, 0.25) is 0 Å². The van der Waals surface area contributed by atoms with Gasteiger partial charge in [0, 0.05) is 36.9 Å². The molecular formula is C19H27N3. The molecule has 3 rings (SSSR count). The van der Waals surface area contributed by atoms with Crippen molar-refractivity contribution in [1.29, 1.82) is 0 Å². The minimum absolute atomic E-state index is 0.318. The molecule has 2 aromatic rings. The molecule has 1 aromatic heterocycles. The van der Waals surface area contributed by atoms with Gasteiger partial charge in [-0.1, -0.05) is 31.2 Å². The van der Waals surface area contributed by atoms with Gasteiger partial charge in [0.05, 0.1) is 0 Å². The summed E-state index contributed by atoms with van der Waals surface area (Å²) in [5.74, 6) is 1.18. The Bertz CT molecular complexity index is 625. The van der Waals surface area contributed by atoms with E-state index in [9.17, 15) is 0 Å². The van der Waals surface area contributed by atoms with Crippen LogP contribution in [0.15, 0.2) is 36.7 Å². The second-order valence-corrected chi connectivity index (χ2v) is 6.78. The largest absolute Gasteiger partial charge is 0.333 e. The summed E-state index contributed by atoms with van der Waals surface area (Å²) in [6.07, 6.45) is 8.72. The van der Waals surface area contributed by atoms with Gasteiger partial charge in [0.2, 0.25) is 0 Å². The molecule has 1 aromatic carbocycles. The number of hydrogen-bond donors (Lipinski definition) is 1. The monoisotopic (exact) mass is 297 g/mol. The second kappa shape index (κ2) is 6.25. The number of imidazole rings is 1. The van der Waals surface area contributed by atoms with Gasteiger partial charge in [-0.05, 0) is 44.2 Å². The summed E-state index contributed by atoms with van der Waals surface area (Å²) in [5, 5.41) is 3.88. The number of benzene rings is 1. The molecular weight excluding hydrogens is 270 g/mol. The topological polar surface area (TPSA) is 29.9 Å². The van der Waals surface area contributed by atoms with E-state index >= 15 is 0 Å². The SMILES string of the molecule is CCc1nccn1CC(C)NC1(Cc2ccccc2C)CC1. The Balaban J connectivity index is 1.61. The van der Waals surface area contributed by atoms with Gasteiger partial charge in [0.1, 0.15) is 5.82 Å². The molecule has 1 heterocycles. The zero-order chi connectivity index (χ0) is 15.6. The Morgan fingerprint density at radius 1 is 1.32 bits per heavy atom. The van der Waals surface area contributed by atoms with Crippen molar-refractivity contribution in [3.63, 3.8) is 0 Å². The van der Waals surface area contributed by atoms with Gasteiger partial charge < -0.3 is 9.88 Å². The maximum absolute atomic E-state index is 4.41. The molecule has 0 saturated heterocycles. The predicted molar refractivity (Wildman–Crippen MR) is 91.1 cm³/mol. The first-order valence-corrected chi connectivity index (χ1v) is 8.44. The zero-order valence-electron chi connectivity index (χ0n) is 14.0. The third-order valence-corrected chi connectivity index (χ3v) is 4.78. The molecule has 1 saturated carbocycles. The number of rotatable bonds is 7. The van der Waals surface area contributed by atoms with Gasteiger partial charge >= 0.3 is 0 Å². The van der Waals surface area contributed by atoms with Crippen molar-refractivity contribution in [2.75, 3.05) is 0 Å². The molecule has 1 aliphatic rings. The molecule has 1 fully saturated rings. The number of aryl methyl sites for hydroxylation is 2. The quantitative estimate of drug-likeness (QED) is 0.847. The third kappa shape index (κ3) is 3.41. The van der Waals surface area contributed by atoms with E-state index < -0.39 is 0 Å². The van der Waals surface area contributed by atoms with E-state index in [-0.39, 0.29) is 0 Å². The lowest BCUT2D eigenvalue weighted by Crippen LogP contribution is -2.42. The first kappa shape index (κ1) is 15.3. The van der Waals surface area contributed by atoms with Gasteiger partial charge in [-0.3, -0.25) is 0 Å². The van der Waals surface area contributed by atoms with Crippen LogP contribution in [0.25, 0.3) is 0 Å². The van der Waals surface area contributed by atoms with Gasteiger partial charge in [0.15, 0.2) is 0 Å². The Morgan fingerprint density at radius 3 is 2.77 bits per heavy atom. The van der Waals surface area contributed by atoms with Crippen LogP contribution in [0.1, 0.15) is 43.6 Å². The average Bonchev–Trinajstić information content (AvgIpc) is 3.08. The molecule has 3 nitrogen and oxygen atoms in total. The van der Waals surface area contributed by atoms with Crippen molar-refractivity contribution in [2.45, 2.75) is 64.6 Å². The average molecular weight is 297 g/mol. The highest BCUT2D eigenvalue weighted by Crippen LogP contribution is 2.39. The molecule has 1 aliphatic carbocycles. The summed E-state index contributed by atoms with van der Waals surface area (Å²) >= 11 is 0. The van der Waals surface area contributed by atoms with Gasteiger partial charge in [0.25, 0.3) is 0 Å². The van der Waals surface area contributed by atoms with Crippen LogP contribution in [0.5, 0.6) is 0 Å². The van der Waals surface area contributed by atoms with Crippen LogP contribution in [0, 0.1) is 6.92 Å². The van der Waals surface area contributed by atoms with E-state index in [1.165, 1.54) is 29.8 Å². The molecule has 118 valence electrons. The third-order valence-electron chi connectivity index (χ3n) is 4.78. The van der Waals surface area contributed by atoms with E-state index in [0.717, 1.165) is 19.4 Å². The highest BCUT2D eigenvalue weighted by Gasteiger charge is 2.43. The van der Waals surface area contributed by atoms with Crippen molar-refractivity contribution < 1.29 is 0 Å². The van der Waals surface area contributed by atoms with E-state index in [1.54, 1.807) is 0 Å². The minimum Gasteiger partial charge on any atom is -0.333 e. The smallest absolute Gasteiger partial charge is 0.108 e. The summed E-state index contributed by atoms with van der Waals surface area (Å²) < 4.78 is 2.28. The van der Waals surface area contributed by atoms with Crippen molar-refractivity contribution in [3.05, 3.63) is 53.6 Å². The highest BCUT2D eigenvalue weighted by atomic mass is 15.1. The van der Waals surface area contributed by atoms with Crippen LogP contribution in [-0.2, 0) is 19.4 Å². The summed E-state index contributed by atoms with van der Waals surface area (Å²) in [6, 6.07) is 9.23. The molecule has 22 heavy (non-hydrogen) atoms. The normalized spacial score (nSPS) is 17.4. The molecule has 1 N–H and O–H groups in total. The van der Waals surface area contributed by atoms with Gasteiger partial charge in [-0.15, -0.1) is 0 Å². The van der Waals surface area contributed by atoms with Crippen molar-refractivity contribution in [3.8, 4) is 0 Å². The number of hydrogen-bond acceptors (Lipinski definition) is 2. The number of nitrogens with one attached hydrogen (secondary N) is 1. The zero-order valence-corrected chi connectivity index (χ0v) is 14.0. The molecule has 0 aliphatic heterocycles. The van der Waals surface area contributed by atoms with Crippen molar-refractivity contribution in [2.24, 2.45) is 0 Å². The van der Waals surface area contributed by atoms with E-state index in [1.807, 2.05) is 6.20 Å². The first-order valence-electron chi connectivity index (χ1n) is 8.44. The van der Waals surface area contributed by atoms with Crippen molar-refractivity contribution >= 4 is 0 Å². The Kier molecular flexibility index (Phi) is 4.34. The van der Waals surface area contributed by atoms with Crippen LogP contribution < -0.4 is 5.32 Å². The van der Waals surface area contributed by atoms with Gasteiger partial charge in [-0.2, -0.15) is 0 Å². The van der Waals surface area contributed by atoms with Crippen LogP contribution in [0.3, 0.4) is 0 Å². The fraction of sp³-hybridized carbons (Fsp3) is 0.526. The molecule has 3 heteroatoms. The summed E-state index contributed by atoms with van der Waals surface area (Å²) in [5.41, 5.74) is 3.21. The highest BCUT2D eigenvalue weighted by molar-refractivity contribution is 5.29. The summed E-state index contributed by atoms with van der Waals surface area (Å²) in [6.45, 7) is 7.67. The molecule has 0 radical (unpaired) electrons.